The lowest BCUT2D eigenvalue weighted by Crippen LogP contribution is -2.35. The summed E-state index contributed by atoms with van der Waals surface area (Å²) < 4.78 is 30.4. The van der Waals surface area contributed by atoms with Gasteiger partial charge in [-0.2, -0.15) is 0 Å². The standard InChI is InChI=1S/C17H26N2O4S/c1-11(2)14-7-5-12(3)9-15(14)23-17(20)13-6-8-16(18-10-13)19-24(4,21)22/h6,8,10-12,14-15H,5,7,9H2,1-4H3,(H,18,19)/t12-,14+,15-/m0/s1. The second kappa shape index (κ2) is 7.51. The summed E-state index contributed by atoms with van der Waals surface area (Å²) in [6, 6.07) is 2.99. The molecule has 0 aliphatic heterocycles. The fourth-order valence-electron chi connectivity index (χ4n) is 3.22. The van der Waals surface area contributed by atoms with Crippen molar-refractivity contribution in [2.75, 3.05) is 11.0 Å². The van der Waals surface area contributed by atoms with Gasteiger partial charge in [0.25, 0.3) is 0 Å². The van der Waals surface area contributed by atoms with Gasteiger partial charge in [-0.05, 0) is 42.7 Å². The Hall–Kier alpha value is -1.63. The molecule has 0 amide bonds. The van der Waals surface area contributed by atoms with Crippen LogP contribution in [-0.4, -0.2) is 31.7 Å². The molecule has 1 fully saturated rings. The van der Waals surface area contributed by atoms with E-state index in [0.29, 0.717) is 23.3 Å². The summed E-state index contributed by atoms with van der Waals surface area (Å²) in [4.78, 5) is 16.3. The zero-order valence-electron chi connectivity index (χ0n) is 14.7. The van der Waals surface area contributed by atoms with Crippen molar-refractivity contribution in [3.05, 3.63) is 23.9 Å². The molecule has 7 heteroatoms. The van der Waals surface area contributed by atoms with Gasteiger partial charge in [-0.3, -0.25) is 4.72 Å². The molecule has 0 aromatic carbocycles. The van der Waals surface area contributed by atoms with E-state index in [1.807, 2.05) is 0 Å². The second-order valence-corrected chi connectivity index (χ2v) is 8.82. The summed E-state index contributed by atoms with van der Waals surface area (Å²) >= 11 is 0. The molecular formula is C17H26N2O4S. The largest absolute Gasteiger partial charge is 0.458 e. The number of carbonyl (C=O) groups is 1. The zero-order valence-corrected chi connectivity index (χ0v) is 15.5. The third-order valence-electron chi connectivity index (χ3n) is 4.51. The minimum Gasteiger partial charge on any atom is -0.458 e. The molecule has 134 valence electrons. The summed E-state index contributed by atoms with van der Waals surface area (Å²) in [6.07, 6.45) is 5.45. The Morgan fingerprint density at radius 1 is 1.33 bits per heavy atom. The lowest BCUT2D eigenvalue weighted by Gasteiger charge is -2.36. The number of hydrogen-bond donors (Lipinski definition) is 1. The third kappa shape index (κ3) is 5.19. The van der Waals surface area contributed by atoms with E-state index in [0.717, 1.165) is 19.1 Å². The fraction of sp³-hybridized carbons (Fsp3) is 0.647. The SMILES string of the molecule is CC(C)[C@H]1CC[C@H](C)C[C@@H]1OC(=O)c1ccc(NS(C)(=O)=O)nc1. The molecular weight excluding hydrogens is 328 g/mol. The quantitative estimate of drug-likeness (QED) is 0.821. The number of carbonyl (C=O) groups excluding carboxylic acids is 1. The number of ether oxygens (including phenoxy) is 1. The lowest BCUT2D eigenvalue weighted by atomic mass is 9.75. The molecule has 0 saturated heterocycles. The Morgan fingerprint density at radius 2 is 2.04 bits per heavy atom. The van der Waals surface area contributed by atoms with Gasteiger partial charge in [-0.1, -0.05) is 27.2 Å². The van der Waals surface area contributed by atoms with Crippen molar-refractivity contribution >= 4 is 21.8 Å². The highest BCUT2D eigenvalue weighted by molar-refractivity contribution is 7.92. The van der Waals surface area contributed by atoms with Crippen LogP contribution in [0.25, 0.3) is 0 Å². The first-order valence-corrected chi connectivity index (χ1v) is 10.2. The van der Waals surface area contributed by atoms with Gasteiger partial charge in [0, 0.05) is 6.20 Å². The molecule has 0 unspecified atom stereocenters. The summed E-state index contributed by atoms with van der Waals surface area (Å²) in [5, 5.41) is 0. The fourth-order valence-corrected chi connectivity index (χ4v) is 3.72. The molecule has 0 spiro atoms. The number of aromatic nitrogens is 1. The average molecular weight is 354 g/mol. The van der Waals surface area contributed by atoms with Gasteiger partial charge in [0.2, 0.25) is 10.0 Å². The molecule has 1 aromatic heterocycles. The van der Waals surface area contributed by atoms with Crippen LogP contribution in [0.1, 0.15) is 50.4 Å². The number of pyridine rings is 1. The lowest BCUT2D eigenvalue weighted by molar-refractivity contribution is -0.0174. The topological polar surface area (TPSA) is 85.4 Å². The van der Waals surface area contributed by atoms with Gasteiger partial charge in [-0.15, -0.1) is 0 Å². The van der Waals surface area contributed by atoms with Crippen LogP contribution in [0.15, 0.2) is 18.3 Å². The van der Waals surface area contributed by atoms with E-state index < -0.39 is 16.0 Å². The Balaban J connectivity index is 2.05. The number of rotatable bonds is 5. The van der Waals surface area contributed by atoms with Crippen molar-refractivity contribution in [2.45, 2.75) is 46.1 Å². The van der Waals surface area contributed by atoms with E-state index in [-0.39, 0.29) is 11.9 Å². The Kier molecular flexibility index (Phi) is 5.85. The van der Waals surface area contributed by atoms with Crippen LogP contribution in [0.5, 0.6) is 0 Å². The average Bonchev–Trinajstić information content (AvgIpc) is 2.46. The summed E-state index contributed by atoms with van der Waals surface area (Å²) in [6.45, 7) is 6.51. The molecule has 1 N–H and O–H groups in total. The maximum atomic E-state index is 12.4. The van der Waals surface area contributed by atoms with Crippen molar-refractivity contribution in [3.8, 4) is 0 Å². The normalized spacial score (nSPS) is 24.6. The molecule has 3 atom stereocenters. The maximum Gasteiger partial charge on any atom is 0.339 e. The number of nitrogens with zero attached hydrogens (tertiary/aromatic N) is 1. The Morgan fingerprint density at radius 3 is 2.58 bits per heavy atom. The van der Waals surface area contributed by atoms with Crippen LogP contribution in [0, 0.1) is 17.8 Å². The Labute approximate surface area is 144 Å². The van der Waals surface area contributed by atoms with Crippen LogP contribution in [-0.2, 0) is 14.8 Å². The van der Waals surface area contributed by atoms with Crippen molar-refractivity contribution < 1.29 is 17.9 Å². The highest BCUT2D eigenvalue weighted by Gasteiger charge is 2.33. The van der Waals surface area contributed by atoms with E-state index in [1.165, 1.54) is 24.8 Å². The molecule has 2 rings (SSSR count). The van der Waals surface area contributed by atoms with Crippen LogP contribution in [0.3, 0.4) is 0 Å². The van der Waals surface area contributed by atoms with E-state index in [2.05, 4.69) is 30.5 Å². The minimum atomic E-state index is -3.38. The predicted molar refractivity (Wildman–Crippen MR) is 93.3 cm³/mol. The molecule has 6 nitrogen and oxygen atoms in total. The van der Waals surface area contributed by atoms with Crippen molar-refractivity contribution in [1.29, 1.82) is 0 Å². The summed E-state index contributed by atoms with van der Waals surface area (Å²) in [5.41, 5.74) is 0.329. The van der Waals surface area contributed by atoms with Gasteiger partial charge in [0.1, 0.15) is 11.9 Å². The molecule has 1 aromatic rings. The zero-order chi connectivity index (χ0) is 17.9. The van der Waals surface area contributed by atoms with Crippen LogP contribution in [0.4, 0.5) is 5.82 Å². The predicted octanol–water partition coefficient (Wildman–Crippen LogP) is 3.07. The van der Waals surface area contributed by atoms with Gasteiger partial charge in [0.15, 0.2) is 0 Å². The number of nitrogens with one attached hydrogen (secondary N) is 1. The van der Waals surface area contributed by atoms with Gasteiger partial charge in [-0.25, -0.2) is 18.2 Å². The molecule has 1 aliphatic rings. The first-order chi connectivity index (χ1) is 11.2. The molecule has 1 aliphatic carbocycles. The van der Waals surface area contributed by atoms with E-state index in [4.69, 9.17) is 4.74 Å². The molecule has 1 saturated carbocycles. The van der Waals surface area contributed by atoms with Gasteiger partial charge >= 0.3 is 5.97 Å². The van der Waals surface area contributed by atoms with Gasteiger partial charge < -0.3 is 4.74 Å². The van der Waals surface area contributed by atoms with Crippen molar-refractivity contribution in [2.24, 2.45) is 17.8 Å². The van der Waals surface area contributed by atoms with Crippen molar-refractivity contribution in [1.82, 2.24) is 4.98 Å². The van der Waals surface area contributed by atoms with Crippen LogP contribution >= 0.6 is 0 Å². The highest BCUT2D eigenvalue weighted by atomic mass is 32.2. The first-order valence-electron chi connectivity index (χ1n) is 8.30. The third-order valence-corrected chi connectivity index (χ3v) is 5.09. The first kappa shape index (κ1) is 18.7. The van der Waals surface area contributed by atoms with Gasteiger partial charge in [0.05, 0.1) is 11.8 Å². The monoisotopic (exact) mass is 354 g/mol. The molecule has 1 heterocycles. The number of anilines is 1. The number of hydrogen-bond acceptors (Lipinski definition) is 5. The molecule has 0 radical (unpaired) electrons. The summed E-state index contributed by atoms with van der Waals surface area (Å²) in [7, 11) is -3.38. The molecule has 0 bridgehead atoms. The van der Waals surface area contributed by atoms with E-state index in [1.54, 1.807) is 0 Å². The number of sulfonamides is 1. The maximum absolute atomic E-state index is 12.4. The smallest absolute Gasteiger partial charge is 0.339 e. The minimum absolute atomic E-state index is 0.0740. The van der Waals surface area contributed by atoms with E-state index >= 15 is 0 Å². The van der Waals surface area contributed by atoms with Crippen LogP contribution in [0.2, 0.25) is 0 Å². The summed E-state index contributed by atoms with van der Waals surface area (Å²) in [5.74, 6) is 1.18. The highest BCUT2D eigenvalue weighted by Crippen LogP contribution is 2.35. The van der Waals surface area contributed by atoms with E-state index in [9.17, 15) is 13.2 Å². The molecule has 24 heavy (non-hydrogen) atoms. The Bertz CT molecular complexity index is 670. The van der Waals surface area contributed by atoms with Crippen LogP contribution < -0.4 is 4.72 Å². The second-order valence-electron chi connectivity index (χ2n) is 7.08. The number of esters is 1. The van der Waals surface area contributed by atoms with Crippen molar-refractivity contribution in [3.63, 3.8) is 0 Å².